The first-order valence-electron chi connectivity index (χ1n) is 15.7. The molecule has 3 aliphatic heterocycles. The molecule has 0 spiro atoms. The Bertz CT molecular complexity index is 1550. The number of carboxylic acids is 1. The van der Waals surface area contributed by atoms with E-state index in [2.05, 4.69) is 22.3 Å². The van der Waals surface area contributed by atoms with Crippen LogP contribution < -0.4 is 24.4 Å². The highest BCUT2D eigenvalue weighted by Gasteiger charge is 2.48. The van der Waals surface area contributed by atoms with Gasteiger partial charge in [0.15, 0.2) is 11.5 Å². The van der Waals surface area contributed by atoms with E-state index in [-0.39, 0.29) is 19.2 Å². The Balaban J connectivity index is 1.36. The number of ether oxygens (including phenoxy) is 3. The summed E-state index contributed by atoms with van der Waals surface area (Å²) in [4.78, 5) is 31.2. The van der Waals surface area contributed by atoms with Crippen LogP contribution in [0.5, 0.6) is 17.2 Å². The van der Waals surface area contributed by atoms with Crippen molar-refractivity contribution in [2.45, 2.75) is 51.5 Å². The van der Waals surface area contributed by atoms with Crippen LogP contribution in [0.25, 0.3) is 0 Å². The minimum Gasteiger partial charge on any atom is -0.493 e. The van der Waals surface area contributed by atoms with Crippen LogP contribution in [-0.4, -0.2) is 62.0 Å². The van der Waals surface area contributed by atoms with Crippen molar-refractivity contribution in [3.63, 3.8) is 0 Å². The number of fused-ring (bicyclic) bond motifs is 1. The average molecular weight is 634 g/mol. The Labute approximate surface area is 269 Å². The molecule has 2 fully saturated rings. The van der Waals surface area contributed by atoms with E-state index in [1.54, 1.807) is 7.11 Å². The van der Waals surface area contributed by atoms with E-state index in [9.17, 15) is 14.7 Å². The molecule has 6 rings (SSSR count). The number of likely N-dealkylation sites (tertiary alicyclic amines) is 1. The maximum absolute atomic E-state index is 13.8. The normalized spacial score (nSPS) is 20.9. The van der Waals surface area contributed by atoms with E-state index >= 15 is 0 Å². The van der Waals surface area contributed by atoms with Crippen LogP contribution in [0.4, 0.5) is 11.4 Å². The number of benzene rings is 3. The molecule has 0 aromatic heterocycles. The zero-order chi connectivity index (χ0) is 31.7. The highest BCUT2D eigenvalue weighted by molar-refractivity contribution is 6.30. The minimum atomic E-state index is -0.924. The SMILES string of the molecule is CCc1cc(Cl)cc(CC)c1NC(=O)CN1C[C@H](c2cc(OC)c3c(c2)OCO3)C(C(=O)O)[C@@H]1c1ccc(N2CCCC2)cc1. The molecule has 238 valence electrons. The molecule has 0 bridgehead atoms. The van der Waals surface area contributed by atoms with E-state index < -0.39 is 23.8 Å². The number of aryl methyl sites for hydroxylation is 2. The van der Waals surface area contributed by atoms with Crippen LogP contribution in [0.15, 0.2) is 48.5 Å². The summed E-state index contributed by atoms with van der Waals surface area (Å²) in [5, 5.41) is 14.5. The second kappa shape index (κ2) is 13.2. The van der Waals surface area contributed by atoms with Gasteiger partial charge in [-0.3, -0.25) is 14.5 Å². The van der Waals surface area contributed by atoms with Crippen molar-refractivity contribution in [1.29, 1.82) is 0 Å². The number of carbonyl (C=O) groups is 2. The summed E-state index contributed by atoms with van der Waals surface area (Å²) in [5.41, 5.74) is 5.48. The van der Waals surface area contributed by atoms with Crippen LogP contribution in [-0.2, 0) is 22.4 Å². The predicted molar refractivity (Wildman–Crippen MR) is 174 cm³/mol. The number of carboxylic acid groups (broad SMARTS) is 1. The number of carbonyl (C=O) groups excluding carboxylic acids is 1. The number of nitrogens with one attached hydrogen (secondary N) is 1. The van der Waals surface area contributed by atoms with Gasteiger partial charge in [0.25, 0.3) is 0 Å². The lowest BCUT2D eigenvalue weighted by Crippen LogP contribution is -2.35. The van der Waals surface area contributed by atoms with Crippen molar-refractivity contribution in [2.75, 3.05) is 50.3 Å². The van der Waals surface area contributed by atoms with Gasteiger partial charge >= 0.3 is 5.97 Å². The number of aliphatic carboxylic acids is 1. The summed E-state index contributed by atoms with van der Waals surface area (Å²) in [6.45, 7) is 6.55. The number of methoxy groups -OCH3 is 1. The molecular formula is C35H40ClN3O6. The number of nitrogens with zero attached hydrogens (tertiary/aromatic N) is 2. The lowest BCUT2D eigenvalue weighted by atomic mass is 9.82. The van der Waals surface area contributed by atoms with Crippen molar-refractivity contribution in [3.8, 4) is 17.2 Å². The van der Waals surface area contributed by atoms with Crippen LogP contribution >= 0.6 is 11.6 Å². The second-order valence-electron chi connectivity index (χ2n) is 11.9. The van der Waals surface area contributed by atoms with Crippen LogP contribution in [0.2, 0.25) is 5.02 Å². The molecule has 0 radical (unpaired) electrons. The van der Waals surface area contributed by atoms with E-state index in [0.717, 1.165) is 46.7 Å². The van der Waals surface area contributed by atoms with Crippen LogP contribution in [0, 0.1) is 5.92 Å². The molecule has 1 unspecified atom stereocenters. The first-order chi connectivity index (χ1) is 21.8. The largest absolute Gasteiger partial charge is 0.493 e. The third-order valence-electron chi connectivity index (χ3n) is 9.34. The molecule has 10 heteroatoms. The Morgan fingerprint density at radius 1 is 1.00 bits per heavy atom. The van der Waals surface area contributed by atoms with Crippen LogP contribution in [0.3, 0.4) is 0 Å². The quantitative estimate of drug-likeness (QED) is 0.269. The lowest BCUT2D eigenvalue weighted by Gasteiger charge is -2.28. The van der Waals surface area contributed by atoms with Gasteiger partial charge < -0.3 is 29.5 Å². The Kier molecular flexibility index (Phi) is 9.10. The topological polar surface area (TPSA) is 101 Å². The fourth-order valence-corrected chi connectivity index (χ4v) is 7.42. The molecule has 3 aromatic carbocycles. The zero-order valence-electron chi connectivity index (χ0n) is 26.0. The maximum atomic E-state index is 13.8. The van der Waals surface area contributed by atoms with Gasteiger partial charge in [0.2, 0.25) is 18.4 Å². The summed E-state index contributed by atoms with van der Waals surface area (Å²) in [5.74, 6) is -0.853. The molecule has 0 saturated carbocycles. The lowest BCUT2D eigenvalue weighted by molar-refractivity contribution is -0.143. The van der Waals surface area contributed by atoms with E-state index in [0.29, 0.717) is 41.7 Å². The number of amides is 1. The Hall–Kier alpha value is -3.95. The molecular weight excluding hydrogens is 594 g/mol. The molecule has 3 aliphatic rings. The third-order valence-corrected chi connectivity index (χ3v) is 9.56. The number of anilines is 2. The molecule has 9 nitrogen and oxygen atoms in total. The van der Waals surface area contributed by atoms with E-state index in [1.807, 2.05) is 55.1 Å². The number of hydrogen-bond donors (Lipinski definition) is 2. The smallest absolute Gasteiger partial charge is 0.309 e. The maximum Gasteiger partial charge on any atom is 0.309 e. The van der Waals surface area contributed by atoms with Gasteiger partial charge in [0, 0.05) is 48.0 Å². The van der Waals surface area contributed by atoms with Gasteiger partial charge in [0.1, 0.15) is 0 Å². The highest BCUT2D eigenvalue weighted by Crippen LogP contribution is 2.50. The molecule has 1 amide bonds. The van der Waals surface area contributed by atoms with Crippen molar-refractivity contribution in [2.24, 2.45) is 5.92 Å². The second-order valence-corrected chi connectivity index (χ2v) is 12.4. The molecule has 45 heavy (non-hydrogen) atoms. The van der Waals surface area contributed by atoms with E-state index in [1.165, 1.54) is 12.8 Å². The van der Waals surface area contributed by atoms with Gasteiger partial charge in [-0.05, 0) is 84.3 Å². The fourth-order valence-electron chi connectivity index (χ4n) is 7.16. The monoisotopic (exact) mass is 633 g/mol. The molecule has 0 aliphatic carbocycles. The molecule has 3 aromatic rings. The molecule has 3 atom stereocenters. The fraction of sp³-hybridized carbons (Fsp3) is 0.429. The Morgan fingerprint density at radius 3 is 2.31 bits per heavy atom. The first-order valence-corrected chi connectivity index (χ1v) is 16.1. The van der Waals surface area contributed by atoms with Crippen LogP contribution in [0.1, 0.15) is 60.9 Å². The standard InChI is InChI=1S/C35H40ClN3O6/c1-4-21-14-25(36)15-22(5-2)32(21)37-30(40)19-39-18-27(24-16-28(43-3)34-29(17-24)44-20-45-34)31(35(41)42)33(39)23-8-10-26(11-9-23)38-12-6-7-13-38/h8-11,14-17,27,31,33H,4-7,12-13,18-20H2,1-3H3,(H,37,40)(H,41,42)/t27-,31?,33+/m1/s1. The van der Waals surface area contributed by atoms with Crippen molar-refractivity contribution >= 4 is 34.9 Å². The summed E-state index contributed by atoms with van der Waals surface area (Å²) < 4.78 is 16.9. The van der Waals surface area contributed by atoms with Crippen molar-refractivity contribution in [1.82, 2.24) is 4.90 Å². The van der Waals surface area contributed by atoms with Gasteiger partial charge in [-0.25, -0.2) is 0 Å². The minimum absolute atomic E-state index is 0.0233. The highest BCUT2D eigenvalue weighted by atomic mass is 35.5. The number of rotatable bonds is 10. The molecule has 3 heterocycles. The summed E-state index contributed by atoms with van der Waals surface area (Å²) in [6.07, 6.45) is 3.77. The summed E-state index contributed by atoms with van der Waals surface area (Å²) in [6, 6.07) is 15.1. The summed E-state index contributed by atoms with van der Waals surface area (Å²) >= 11 is 6.36. The first kappa shape index (κ1) is 31.0. The van der Waals surface area contributed by atoms with Gasteiger partial charge in [0.05, 0.1) is 19.6 Å². The number of hydrogen-bond acceptors (Lipinski definition) is 7. The van der Waals surface area contributed by atoms with E-state index in [4.69, 9.17) is 25.8 Å². The Morgan fingerprint density at radius 2 is 1.69 bits per heavy atom. The summed E-state index contributed by atoms with van der Waals surface area (Å²) in [7, 11) is 1.55. The number of halogens is 1. The van der Waals surface area contributed by atoms with Crippen molar-refractivity contribution in [3.05, 3.63) is 75.8 Å². The molecule has 2 saturated heterocycles. The van der Waals surface area contributed by atoms with Gasteiger partial charge in [-0.15, -0.1) is 0 Å². The van der Waals surface area contributed by atoms with Gasteiger partial charge in [-0.1, -0.05) is 37.6 Å². The predicted octanol–water partition coefficient (Wildman–Crippen LogP) is 6.28. The molecule has 2 N–H and O–H groups in total. The average Bonchev–Trinajstić information content (AvgIpc) is 3.81. The third kappa shape index (κ3) is 6.16. The van der Waals surface area contributed by atoms with Crippen molar-refractivity contribution < 1.29 is 28.9 Å². The van der Waals surface area contributed by atoms with Gasteiger partial charge in [-0.2, -0.15) is 0 Å². The zero-order valence-corrected chi connectivity index (χ0v) is 26.7.